The smallest absolute Gasteiger partial charge is 0.233 e. The van der Waals surface area contributed by atoms with Crippen molar-refractivity contribution in [3.05, 3.63) is 48.0 Å². The molecule has 1 saturated heterocycles. The molecule has 2 aromatic rings. The first-order valence-corrected chi connectivity index (χ1v) is 10.0. The highest BCUT2D eigenvalue weighted by Gasteiger charge is 2.54. The van der Waals surface area contributed by atoms with Crippen molar-refractivity contribution in [2.24, 2.45) is 5.92 Å². The van der Waals surface area contributed by atoms with Crippen LogP contribution < -0.4 is 0 Å². The van der Waals surface area contributed by atoms with Crippen LogP contribution in [-0.2, 0) is 16.8 Å². The fourth-order valence-corrected chi connectivity index (χ4v) is 4.47. The average molecular weight is 350 g/mol. The number of piperidine rings is 1. The van der Waals surface area contributed by atoms with Crippen molar-refractivity contribution >= 4 is 5.91 Å². The number of carbonyl (C=O) groups is 1. The average Bonchev–Trinajstić information content (AvgIpc) is 3.61. The maximum absolute atomic E-state index is 13.6. The highest BCUT2D eigenvalue weighted by Crippen LogP contribution is 2.51. The van der Waals surface area contributed by atoms with E-state index in [1.807, 2.05) is 24.5 Å². The van der Waals surface area contributed by atoms with Crippen molar-refractivity contribution in [2.45, 2.75) is 62.9 Å². The Bertz CT molecular complexity index is 791. The van der Waals surface area contributed by atoms with E-state index in [9.17, 15) is 4.79 Å². The van der Waals surface area contributed by atoms with Gasteiger partial charge in [-0.25, -0.2) is 0 Å². The summed E-state index contributed by atoms with van der Waals surface area (Å²) in [7, 11) is 0. The molecule has 1 amide bonds. The van der Waals surface area contributed by atoms with E-state index in [-0.39, 0.29) is 11.5 Å². The molecular formula is C21H26N4O. The summed E-state index contributed by atoms with van der Waals surface area (Å²) < 4.78 is 2.20. The van der Waals surface area contributed by atoms with Crippen LogP contribution >= 0.6 is 0 Å². The second-order valence-electron chi connectivity index (χ2n) is 8.24. The number of hydrogen-bond acceptors (Lipinski definition) is 3. The van der Waals surface area contributed by atoms with Gasteiger partial charge in [0.15, 0.2) is 5.82 Å². The summed E-state index contributed by atoms with van der Waals surface area (Å²) >= 11 is 0. The second kappa shape index (κ2) is 6.22. The first-order chi connectivity index (χ1) is 12.8. The molecule has 2 saturated carbocycles. The Kier molecular flexibility index (Phi) is 3.84. The minimum absolute atomic E-state index is 0.0821. The van der Waals surface area contributed by atoms with Crippen molar-refractivity contribution in [1.29, 1.82) is 0 Å². The summed E-state index contributed by atoms with van der Waals surface area (Å²) in [6.07, 6.45) is 9.65. The molecule has 0 bridgehead atoms. The zero-order valence-electron chi connectivity index (χ0n) is 15.2. The van der Waals surface area contributed by atoms with Crippen LogP contribution in [-0.4, -0.2) is 32.1 Å². The Balaban J connectivity index is 1.43. The lowest BCUT2D eigenvalue weighted by atomic mass is 9.91. The third-order valence-corrected chi connectivity index (χ3v) is 6.34. The molecule has 1 aliphatic heterocycles. The van der Waals surface area contributed by atoms with Gasteiger partial charge in [-0.1, -0.05) is 30.3 Å². The van der Waals surface area contributed by atoms with Gasteiger partial charge in [-0.15, -0.1) is 10.2 Å². The van der Waals surface area contributed by atoms with Crippen LogP contribution in [0.25, 0.3) is 0 Å². The Labute approximate surface area is 154 Å². The van der Waals surface area contributed by atoms with Gasteiger partial charge in [0.1, 0.15) is 6.33 Å². The monoisotopic (exact) mass is 350 g/mol. The summed E-state index contributed by atoms with van der Waals surface area (Å²) in [4.78, 5) is 15.7. The minimum Gasteiger partial charge on any atom is -0.332 e. The Hall–Kier alpha value is -2.17. The summed E-state index contributed by atoms with van der Waals surface area (Å²) in [5.74, 6) is 2.07. The molecule has 0 radical (unpaired) electrons. The van der Waals surface area contributed by atoms with Gasteiger partial charge >= 0.3 is 0 Å². The molecule has 136 valence electrons. The quantitative estimate of drug-likeness (QED) is 0.830. The molecule has 5 heteroatoms. The summed E-state index contributed by atoms with van der Waals surface area (Å²) in [6.45, 7) is 1.85. The summed E-state index contributed by atoms with van der Waals surface area (Å²) in [5.41, 5.74) is 0.881. The molecule has 1 unspecified atom stereocenters. The van der Waals surface area contributed by atoms with Gasteiger partial charge in [-0.05, 0) is 56.4 Å². The largest absolute Gasteiger partial charge is 0.332 e. The van der Waals surface area contributed by atoms with Gasteiger partial charge in [0.05, 0.1) is 11.5 Å². The van der Waals surface area contributed by atoms with Crippen LogP contribution in [0.1, 0.15) is 62.4 Å². The van der Waals surface area contributed by atoms with E-state index < -0.39 is 0 Å². The number of nitrogens with zero attached hydrogens (tertiary/aromatic N) is 4. The lowest BCUT2D eigenvalue weighted by Gasteiger charge is -2.37. The number of likely N-dealkylation sites (tertiary alicyclic amines) is 1. The van der Waals surface area contributed by atoms with E-state index in [4.69, 9.17) is 0 Å². The van der Waals surface area contributed by atoms with E-state index in [2.05, 4.69) is 31.8 Å². The van der Waals surface area contributed by atoms with Crippen molar-refractivity contribution in [3.8, 4) is 0 Å². The molecule has 0 N–H and O–H groups in total. The Morgan fingerprint density at radius 1 is 1.12 bits per heavy atom. The van der Waals surface area contributed by atoms with Crippen LogP contribution in [0.3, 0.4) is 0 Å². The van der Waals surface area contributed by atoms with Gasteiger partial charge in [-0.2, -0.15) is 0 Å². The van der Waals surface area contributed by atoms with Gasteiger partial charge in [0.2, 0.25) is 5.91 Å². The molecule has 1 aromatic carbocycles. The minimum atomic E-state index is -0.293. The molecule has 0 spiro atoms. The molecule has 2 heterocycles. The summed E-state index contributed by atoms with van der Waals surface area (Å²) in [5, 5.41) is 8.63. The number of hydrogen-bond donors (Lipinski definition) is 0. The molecule has 5 rings (SSSR count). The number of aromatic nitrogens is 3. The van der Waals surface area contributed by atoms with Crippen LogP contribution in [0.15, 0.2) is 36.7 Å². The summed E-state index contributed by atoms with van der Waals surface area (Å²) in [6, 6.07) is 10.4. The van der Waals surface area contributed by atoms with Crippen molar-refractivity contribution in [3.63, 3.8) is 0 Å². The molecule has 3 aliphatic rings. The topological polar surface area (TPSA) is 51.0 Å². The van der Waals surface area contributed by atoms with Gasteiger partial charge in [0.25, 0.3) is 0 Å². The number of rotatable bonds is 5. The highest BCUT2D eigenvalue weighted by atomic mass is 16.2. The molecule has 1 atom stereocenters. The fourth-order valence-electron chi connectivity index (χ4n) is 4.47. The van der Waals surface area contributed by atoms with E-state index in [1.54, 1.807) is 0 Å². The van der Waals surface area contributed by atoms with E-state index >= 15 is 0 Å². The lowest BCUT2D eigenvalue weighted by Crippen LogP contribution is -2.45. The number of benzene rings is 1. The van der Waals surface area contributed by atoms with Crippen LogP contribution in [0, 0.1) is 5.92 Å². The lowest BCUT2D eigenvalue weighted by molar-refractivity contribution is -0.138. The maximum atomic E-state index is 13.6. The second-order valence-corrected chi connectivity index (χ2v) is 8.24. The van der Waals surface area contributed by atoms with Crippen molar-refractivity contribution in [2.75, 3.05) is 6.54 Å². The molecule has 5 nitrogen and oxygen atoms in total. The van der Waals surface area contributed by atoms with Gasteiger partial charge < -0.3 is 9.47 Å². The zero-order chi connectivity index (χ0) is 17.6. The molecule has 3 fully saturated rings. The van der Waals surface area contributed by atoms with E-state index in [1.165, 1.54) is 18.4 Å². The van der Waals surface area contributed by atoms with Crippen LogP contribution in [0.4, 0.5) is 0 Å². The zero-order valence-corrected chi connectivity index (χ0v) is 15.2. The molecule has 2 aliphatic carbocycles. The Morgan fingerprint density at radius 2 is 1.92 bits per heavy atom. The third kappa shape index (κ3) is 2.74. The van der Waals surface area contributed by atoms with Gasteiger partial charge in [-0.3, -0.25) is 4.79 Å². The maximum Gasteiger partial charge on any atom is 0.233 e. The van der Waals surface area contributed by atoms with Gasteiger partial charge in [0, 0.05) is 13.1 Å². The molecular weight excluding hydrogens is 324 g/mol. The third-order valence-electron chi connectivity index (χ3n) is 6.34. The van der Waals surface area contributed by atoms with Crippen molar-refractivity contribution in [1.82, 2.24) is 19.7 Å². The SMILES string of the molecule is O=C(N1CCCCC1c1nncn1CC1CC1)C1(c2ccccc2)CC1. The highest BCUT2D eigenvalue weighted by molar-refractivity contribution is 5.91. The predicted molar refractivity (Wildman–Crippen MR) is 98.4 cm³/mol. The van der Waals surface area contributed by atoms with E-state index in [0.29, 0.717) is 5.91 Å². The van der Waals surface area contributed by atoms with Crippen LogP contribution in [0.5, 0.6) is 0 Å². The Morgan fingerprint density at radius 3 is 2.65 bits per heavy atom. The first-order valence-electron chi connectivity index (χ1n) is 10.0. The predicted octanol–water partition coefficient (Wildman–Crippen LogP) is 3.47. The normalized spacial score (nSPS) is 24.5. The molecule has 26 heavy (non-hydrogen) atoms. The number of carbonyl (C=O) groups excluding carboxylic acids is 1. The van der Waals surface area contributed by atoms with E-state index in [0.717, 1.165) is 56.9 Å². The van der Waals surface area contributed by atoms with Crippen LogP contribution in [0.2, 0.25) is 0 Å². The first kappa shape index (κ1) is 16.0. The fraction of sp³-hybridized carbons (Fsp3) is 0.571. The number of amides is 1. The standard InChI is InChI=1S/C21H26N4O/c26-20(21(11-12-21)17-6-2-1-3-7-17)25-13-5-4-8-18(25)19-23-22-15-24(19)14-16-9-10-16/h1-3,6-7,15-16,18H,4-5,8-14H2. The van der Waals surface area contributed by atoms with Crippen molar-refractivity contribution < 1.29 is 4.79 Å². The molecule has 1 aromatic heterocycles.